The number of aliphatic hydroxyl groups excluding tert-OH is 1. The standard InChI is InChI=1S/C13H18N2O2/c1-10-4-2-7-12(14-10)13(17)15(8-9-16)11-5-3-6-11/h2,4,7,11,16H,3,5-6,8-9H2,1H3. The zero-order valence-corrected chi connectivity index (χ0v) is 10.1. The van der Waals surface area contributed by atoms with Gasteiger partial charge in [-0.05, 0) is 38.3 Å². The summed E-state index contributed by atoms with van der Waals surface area (Å²) in [6.45, 7) is 2.28. The van der Waals surface area contributed by atoms with Gasteiger partial charge in [0.25, 0.3) is 5.91 Å². The predicted octanol–water partition coefficient (Wildman–Crippen LogP) is 1.38. The zero-order chi connectivity index (χ0) is 12.3. The predicted molar refractivity (Wildman–Crippen MR) is 64.7 cm³/mol. The van der Waals surface area contributed by atoms with Gasteiger partial charge in [-0.25, -0.2) is 4.98 Å². The maximum atomic E-state index is 12.3. The van der Waals surface area contributed by atoms with E-state index in [0.717, 1.165) is 18.5 Å². The van der Waals surface area contributed by atoms with E-state index in [1.807, 2.05) is 19.1 Å². The topological polar surface area (TPSA) is 53.4 Å². The molecule has 0 aliphatic heterocycles. The maximum Gasteiger partial charge on any atom is 0.272 e. The van der Waals surface area contributed by atoms with E-state index in [4.69, 9.17) is 5.11 Å². The van der Waals surface area contributed by atoms with E-state index in [1.54, 1.807) is 11.0 Å². The van der Waals surface area contributed by atoms with Crippen molar-refractivity contribution in [2.75, 3.05) is 13.2 Å². The number of nitrogens with zero attached hydrogens (tertiary/aromatic N) is 2. The van der Waals surface area contributed by atoms with Crippen LogP contribution in [0.5, 0.6) is 0 Å². The van der Waals surface area contributed by atoms with Crippen LogP contribution in [0.25, 0.3) is 0 Å². The normalized spacial score (nSPS) is 15.4. The lowest BCUT2D eigenvalue weighted by Crippen LogP contribution is -2.45. The van der Waals surface area contributed by atoms with E-state index in [9.17, 15) is 4.79 Å². The Labute approximate surface area is 101 Å². The highest BCUT2D eigenvalue weighted by Gasteiger charge is 2.29. The van der Waals surface area contributed by atoms with Gasteiger partial charge in [-0.1, -0.05) is 6.07 Å². The second-order valence-corrected chi connectivity index (χ2v) is 4.47. The lowest BCUT2D eigenvalue weighted by molar-refractivity contribution is 0.0519. The number of aliphatic hydroxyl groups is 1. The fraction of sp³-hybridized carbons (Fsp3) is 0.538. The number of aryl methyl sites for hydroxylation is 1. The SMILES string of the molecule is Cc1cccc(C(=O)N(CCO)C2CCC2)n1. The molecule has 1 amide bonds. The van der Waals surface area contributed by atoms with Crippen molar-refractivity contribution in [3.05, 3.63) is 29.6 Å². The van der Waals surface area contributed by atoms with Gasteiger partial charge in [0.2, 0.25) is 0 Å². The van der Waals surface area contributed by atoms with Crippen molar-refractivity contribution in [2.24, 2.45) is 0 Å². The van der Waals surface area contributed by atoms with Gasteiger partial charge < -0.3 is 10.0 Å². The molecule has 4 heteroatoms. The fourth-order valence-corrected chi connectivity index (χ4v) is 2.07. The first-order valence-electron chi connectivity index (χ1n) is 6.08. The number of hydrogen-bond acceptors (Lipinski definition) is 3. The molecule has 1 aliphatic rings. The minimum Gasteiger partial charge on any atom is -0.395 e. The van der Waals surface area contributed by atoms with E-state index in [-0.39, 0.29) is 18.6 Å². The molecule has 0 atom stereocenters. The number of rotatable bonds is 4. The van der Waals surface area contributed by atoms with Crippen LogP contribution in [0.4, 0.5) is 0 Å². The van der Waals surface area contributed by atoms with Crippen LogP contribution >= 0.6 is 0 Å². The van der Waals surface area contributed by atoms with Crippen molar-refractivity contribution in [3.63, 3.8) is 0 Å². The Hall–Kier alpha value is -1.42. The number of hydrogen-bond donors (Lipinski definition) is 1. The van der Waals surface area contributed by atoms with E-state index in [2.05, 4.69) is 4.98 Å². The average Bonchev–Trinajstić information content (AvgIpc) is 2.25. The van der Waals surface area contributed by atoms with Crippen molar-refractivity contribution in [3.8, 4) is 0 Å². The molecule has 0 saturated heterocycles. The molecular formula is C13H18N2O2. The lowest BCUT2D eigenvalue weighted by atomic mass is 9.91. The second kappa shape index (κ2) is 5.27. The van der Waals surface area contributed by atoms with Crippen molar-refractivity contribution in [1.82, 2.24) is 9.88 Å². The molecule has 0 radical (unpaired) electrons. The molecule has 1 aromatic rings. The van der Waals surface area contributed by atoms with Gasteiger partial charge in [-0.2, -0.15) is 0 Å². The molecule has 1 aromatic heterocycles. The van der Waals surface area contributed by atoms with Gasteiger partial charge in [-0.3, -0.25) is 4.79 Å². The molecule has 0 unspecified atom stereocenters. The smallest absolute Gasteiger partial charge is 0.272 e. The third-order valence-electron chi connectivity index (χ3n) is 3.22. The van der Waals surface area contributed by atoms with Crippen molar-refractivity contribution in [1.29, 1.82) is 0 Å². The minimum absolute atomic E-state index is 0.00799. The maximum absolute atomic E-state index is 12.3. The van der Waals surface area contributed by atoms with E-state index >= 15 is 0 Å². The third kappa shape index (κ3) is 2.64. The highest BCUT2D eigenvalue weighted by atomic mass is 16.3. The van der Waals surface area contributed by atoms with Gasteiger partial charge in [0, 0.05) is 18.3 Å². The van der Waals surface area contributed by atoms with Crippen LogP contribution in [-0.2, 0) is 0 Å². The molecule has 2 rings (SSSR count). The Balaban J connectivity index is 2.15. The summed E-state index contributed by atoms with van der Waals surface area (Å²) in [5.74, 6) is -0.0625. The third-order valence-corrected chi connectivity index (χ3v) is 3.22. The lowest BCUT2D eigenvalue weighted by Gasteiger charge is -2.37. The number of amides is 1. The quantitative estimate of drug-likeness (QED) is 0.856. The molecule has 0 bridgehead atoms. The summed E-state index contributed by atoms with van der Waals surface area (Å²) in [5.41, 5.74) is 1.32. The average molecular weight is 234 g/mol. The molecular weight excluding hydrogens is 216 g/mol. The largest absolute Gasteiger partial charge is 0.395 e. The van der Waals surface area contributed by atoms with Crippen molar-refractivity contribution < 1.29 is 9.90 Å². The number of pyridine rings is 1. The molecule has 17 heavy (non-hydrogen) atoms. The van der Waals surface area contributed by atoms with Crippen molar-refractivity contribution in [2.45, 2.75) is 32.2 Å². The van der Waals surface area contributed by atoms with Gasteiger partial charge in [0.1, 0.15) is 5.69 Å². The molecule has 4 nitrogen and oxygen atoms in total. The highest BCUT2D eigenvalue weighted by Crippen LogP contribution is 2.25. The van der Waals surface area contributed by atoms with E-state index in [1.165, 1.54) is 6.42 Å². The second-order valence-electron chi connectivity index (χ2n) is 4.47. The first-order chi connectivity index (χ1) is 8.22. The summed E-state index contributed by atoms with van der Waals surface area (Å²) in [6, 6.07) is 5.74. The van der Waals surface area contributed by atoms with Crippen LogP contribution in [0.3, 0.4) is 0 Å². The van der Waals surface area contributed by atoms with Crippen LogP contribution in [0.2, 0.25) is 0 Å². The van der Waals surface area contributed by atoms with Crippen LogP contribution in [0, 0.1) is 6.92 Å². The van der Waals surface area contributed by atoms with Gasteiger partial charge in [-0.15, -0.1) is 0 Å². The summed E-state index contributed by atoms with van der Waals surface area (Å²) in [5, 5.41) is 9.04. The van der Waals surface area contributed by atoms with Gasteiger partial charge in [0.05, 0.1) is 6.61 Å². The van der Waals surface area contributed by atoms with Crippen LogP contribution in [0.15, 0.2) is 18.2 Å². The summed E-state index contributed by atoms with van der Waals surface area (Å²) < 4.78 is 0. The van der Waals surface area contributed by atoms with Crippen molar-refractivity contribution >= 4 is 5.91 Å². The van der Waals surface area contributed by atoms with E-state index in [0.29, 0.717) is 12.2 Å². The highest BCUT2D eigenvalue weighted by molar-refractivity contribution is 5.92. The summed E-state index contributed by atoms with van der Waals surface area (Å²) in [6.07, 6.45) is 3.25. The molecule has 1 fully saturated rings. The first-order valence-corrected chi connectivity index (χ1v) is 6.08. The molecule has 0 aromatic carbocycles. The summed E-state index contributed by atoms with van der Waals surface area (Å²) >= 11 is 0. The Morgan fingerprint density at radius 3 is 2.82 bits per heavy atom. The Bertz CT molecular complexity index is 402. The molecule has 1 N–H and O–H groups in total. The molecule has 1 heterocycles. The van der Waals surface area contributed by atoms with E-state index < -0.39 is 0 Å². The Morgan fingerprint density at radius 2 is 2.29 bits per heavy atom. The molecule has 1 saturated carbocycles. The fourth-order valence-electron chi connectivity index (χ4n) is 2.07. The zero-order valence-electron chi connectivity index (χ0n) is 10.1. The Morgan fingerprint density at radius 1 is 1.53 bits per heavy atom. The number of aromatic nitrogens is 1. The van der Waals surface area contributed by atoms with Crippen LogP contribution in [-0.4, -0.2) is 40.1 Å². The first kappa shape index (κ1) is 12.0. The summed E-state index contributed by atoms with van der Waals surface area (Å²) in [7, 11) is 0. The van der Waals surface area contributed by atoms with Gasteiger partial charge in [0.15, 0.2) is 0 Å². The van der Waals surface area contributed by atoms with Gasteiger partial charge >= 0.3 is 0 Å². The van der Waals surface area contributed by atoms with Crippen LogP contribution in [0.1, 0.15) is 35.4 Å². The Kier molecular flexibility index (Phi) is 3.74. The number of carbonyl (C=O) groups excluding carboxylic acids is 1. The summed E-state index contributed by atoms with van der Waals surface area (Å²) in [4.78, 5) is 18.3. The molecule has 0 spiro atoms. The monoisotopic (exact) mass is 234 g/mol. The number of carbonyl (C=O) groups is 1. The minimum atomic E-state index is -0.0625. The molecule has 1 aliphatic carbocycles. The molecule has 92 valence electrons. The van der Waals surface area contributed by atoms with Crippen LogP contribution < -0.4 is 0 Å².